The van der Waals surface area contributed by atoms with Crippen LogP contribution in [0.3, 0.4) is 0 Å². The summed E-state index contributed by atoms with van der Waals surface area (Å²) in [5, 5.41) is 6.81. The minimum absolute atomic E-state index is 0.235. The largest absolute Gasteiger partial charge is 0.497 e. The number of halogens is 2. The predicted octanol–water partition coefficient (Wildman–Crippen LogP) is 5.06. The van der Waals surface area contributed by atoms with Gasteiger partial charge in [-0.15, -0.1) is 11.3 Å². The van der Waals surface area contributed by atoms with Crippen LogP contribution in [0.25, 0.3) is 11.3 Å². The number of ether oxygens (including phenoxy) is 1. The normalized spacial score (nSPS) is 11.0. The fraction of sp³-hybridized carbons (Fsp3) is 0.0588. The zero-order chi connectivity index (χ0) is 16.9. The third-order valence-corrected chi connectivity index (χ3v) is 4.32. The van der Waals surface area contributed by atoms with Gasteiger partial charge in [-0.25, -0.2) is 9.37 Å². The number of anilines is 1. The van der Waals surface area contributed by atoms with Crippen LogP contribution in [-0.2, 0) is 0 Å². The fourth-order valence-electron chi connectivity index (χ4n) is 2.01. The molecule has 0 amide bonds. The monoisotopic (exact) mass is 361 g/mol. The van der Waals surface area contributed by atoms with E-state index in [4.69, 9.17) is 16.3 Å². The van der Waals surface area contributed by atoms with E-state index in [0.717, 1.165) is 17.0 Å². The summed E-state index contributed by atoms with van der Waals surface area (Å²) in [5.74, 6) is 0.366. The van der Waals surface area contributed by atoms with Gasteiger partial charge in [-0.3, -0.25) is 5.43 Å². The van der Waals surface area contributed by atoms with Gasteiger partial charge in [0, 0.05) is 16.5 Å². The molecule has 0 radical (unpaired) electrons. The van der Waals surface area contributed by atoms with Crippen LogP contribution in [0.1, 0.15) is 5.56 Å². The van der Waals surface area contributed by atoms with Crippen LogP contribution in [0.5, 0.6) is 5.75 Å². The summed E-state index contributed by atoms with van der Waals surface area (Å²) in [6.45, 7) is 0. The predicted molar refractivity (Wildman–Crippen MR) is 96.7 cm³/mol. The molecule has 7 heteroatoms. The molecular formula is C17H13ClFN3OS. The Balaban J connectivity index is 1.71. The molecule has 4 nitrogen and oxygen atoms in total. The average molecular weight is 362 g/mol. The molecule has 0 fully saturated rings. The molecular weight excluding hydrogens is 349 g/mol. The average Bonchev–Trinajstić information content (AvgIpc) is 3.06. The second-order valence-corrected chi connectivity index (χ2v) is 6.04. The van der Waals surface area contributed by atoms with Crippen LogP contribution >= 0.6 is 22.9 Å². The Kier molecular flexibility index (Phi) is 5.08. The maximum absolute atomic E-state index is 13.6. The molecule has 0 saturated heterocycles. The maximum Gasteiger partial charge on any atom is 0.203 e. The number of benzene rings is 2. The van der Waals surface area contributed by atoms with Gasteiger partial charge < -0.3 is 4.74 Å². The van der Waals surface area contributed by atoms with E-state index < -0.39 is 5.82 Å². The minimum Gasteiger partial charge on any atom is -0.497 e. The number of methoxy groups -OCH3 is 1. The summed E-state index contributed by atoms with van der Waals surface area (Å²) < 4.78 is 18.8. The topological polar surface area (TPSA) is 46.5 Å². The van der Waals surface area contributed by atoms with E-state index in [1.807, 2.05) is 29.6 Å². The quantitative estimate of drug-likeness (QED) is 0.510. The molecule has 2 aromatic carbocycles. The summed E-state index contributed by atoms with van der Waals surface area (Å²) in [6.07, 6.45) is 1.34. The van der Waals surface area contributed by atoms with Crippen LogP contribution in [0.15, 0.2) is 52.9 Å². The molecule has 3 rings (SSSR count). The molecule has 0 aliphatic rings. The Bertz CT molecular complexity index is 844. The zero-order valence-electron chi connectivity index (χ0n) is 12.7. The van der Waals surface area contributed by atoms with Gasteiger partial charge in [0.1, 0.15) is 11.6 Å². The van der Waals surface area contributed by atoms with Gasteiger partial charge in [0.05, 0.1) is 24.0 Å². The van der Waals surface area contributed by atoms with Crippen LogP contribution < -0.4 is 10.2 Å². The van der Waals surface area contributed by atoms with Gasteiger partial charge in [-0.2, -0.15) is 5.10 Å². The van der Waals surface area contributed by atoms with Crippen molar-refractivity contribution >= 4 is 34.3 Å². The highest BCUT2D eigenvalue weighted by Gasteiger charge is 2.06. The maximum atomic E-state index is 13.6. The Morgan fingerprint density at radius 3 is 2.75 bits per heavy atom. The SMILES string of the molecule is COc1ccc(-c2csc(N/N=C\c3c(F)cccc3Cl)n2)cc1. The van der Waals surface area contributed by atoms with Gasteiger partial charge in [-0.1, -0.05) is 17.7 Å². The van der Waals surface area contributed by atoms with Gasteiger partial charge in [0.15, 0.2) is 0 Å². The lowest BCUT2D eigenvalue weighted by Crippen LogP contribution is -1.94. The molecule has 1 aromatic heterocycles. The molecule has 24 heavy (non-hydrogen) atoms. The van der Waals surface area contributed by atoms with Crippen molar-refractivity contribution in [2.24, 2.45) is 5.10 Å². The van der Waals surface area contributed by atoms with Crippen molar-refractivity contribution < 1.29 is 9.13 Å². The highest BCUT2D eigenvalue weighted by Crippen LogP contribution is 2.26. The molecule has 0 atom stereocenters. The lowest BCUT2D eigenvalue weighted by molar-refractivity contribution is 0.415. The Morgan fingerprint density at radius 1 is 1.25 bits per heavy atom. The van der Waals surface area contributed by atoms with E-state index in [2.05, 4.69) is 15.5 Å². The van der Waals surface area contributed by atoms with E-state index in [1.165, 1.54) is 23.6 Å². The van der Waals surface area contributed by atoms with Crippen molar-refractivity contribution in [2.45, 2.75) is 0 Å². The summed E-state index contributed by atoms with van der Waals surface area (Å²) in [7, 11) is 1.62. The molecule has 0 aliphatic heterocycles. The molecule has 3 aromatic rings. The van der Waals surface area contributed by atoms with Crippen molar-refractivity contribution in [3.8, 4) is 17.0 Å². The number of hydrazone groups is 1. The van der Waals surface area contributed by atoms with Crippen LogP contribution in [0.2, 0.25) is 5.02 Å². The van der Waals surface area contributed by atoms with Gasteiger partial charge in [0.2, 0.25) is 5.13 Å². The smallest absolute Gasteiger partial charge is 0.203 e. The first-order chi connectivity index (χ1) is 11.7. The highest BCUT2D eigenvalue weighted by atomic mass is 35.5. The molecule has 0 bridgehead atoms. The summed E-state index contributed by atoms with van der Waals surface area (Å²) >= 11 is 7.34. The number of nitrogens with one attached hydrogen (secondary N) is 1. The Hall–Kier alpha value is -2.44. The van der Waals surface area contributed by atoms with Gasteiger partial charge in [-0.05, 0) is 36.4 Å². The van der Waals surface area contributed by atoms with E-state index in [1.54, 1.807) is 19.2 Å². The van der Waals surface area contributed by atoms with Crippen molar-refractivity contribution in [2.75, 3.05) is 12.5 Å². The number of nitrogens with zero attached hydrogens (tertiary/aromatic N) is 2. The summed E-state index contributed by atoms with van der Waals surface area (Å²) in [5.41, 5.74) is 4.82. The number of thiazole rings is 1. The summed E-state index contributed by atoms with van der Waals surface area (Å²) in [6, 6.07) is 12.1. The molecule has 1 N–H and O–H groups in total. The standard InChI is InChI=1S/C17H13ClFN3OS/c1-23-12-7-5-11(6-8-12)16-10-24-17(21-16)22-20-9-13-14(18)3-2-4-15(13)19/h2-10H,1H3,(H,21,22)/b20-9-. The molecule has 0 unspecified atom stereocenters. The number of rotatable bonds is 5. The van der Waals surface area contributed by atoms with Crippen LogP contribution in [-0.4, -0.2) is 18.3 Å². The van der Waals surface area contributed by atoms with Gasteiger partial charge >= 0.3 is 0 Å². The lowest BCUT2D eigenvalue weighted by Gasteiger charge is -2.00. The van der Waals surface area contributed by atoms with E-state index in [-0.39, 0.29) is 5.56 Å². The van der Waals surface area contributed by atoms with Gasteiger partial charge in [0.25, 0.3) is 0 Å². The second kappa shape index (κ2) is 7.42. The number of aromatic nitrogens is 1. The molecule has 122 valence electrons. The first-order valence-corrected chi connectivity index (χ1v) is 8.26. The van der Waals surface area contributed by atoms with E-state index in [9.17, 15) is 4.39 Å². The molecule has 0 spiro atoms. The second-order valence-electron chi connectivity index (χ2n) is 4.77. The summed E-state index contributed by atoms with van der Waals surface area (Å²) in [4.78, 5) is 4.44. The first kappa shape index (κ1) is 16.4. The molecule has 1 heterocycles. The Morgan fingerprint density at radius 2 is 2.04 bits per heavy atom. The number of hydrogen-bond donors (Lipinski definition) is 1. The van der Waals surface area contributed by atoms with Crippen LogP contribution in [0, 0.1) is 5.82 Å². The van der Waals surface area contributed by atoms with Crippen molar-refractivity contribution in [3.63, 3.8) is 0 Å². The molecule has 0 aliphatic carbocycles. The van der Waals surface area contributed by atoms with Crippen molar-refractivity contribution in [3.05, 3.63) is 64.2 Å². The van der Waals surface area contributed by atoms with E-state index in [0.29, 0.717) is 10.2 Å². The minimum atomic E-state index is -0.425. The van der Waals surface area contributed by atoms with Crippen molar-refractivity contribution in [1.82, 2.24) is 4.98 Å². The van der Waals surface area contributed by atoms with Crippen molar-refractivity contribution in [1.29, 1.82) is 0 Å². The highest BCUT2D eigenvalue weighted by molar-refractivity contribution is 7.14. The Labute approximate surface area is 147 Å². The molecule has 0 saturated carbocycles. The zero-order valence-corrected chi connectivity index (χ0v) is 14.2. The third kappa shape index (κ3) is 3.72. The lowest BCUT2D eigenvalue weighted by atomic mass is 10.2. The first-order valence-electron chi connectivity index (χ1n) is 7.00. The van der Waals surface area contributed by atoms with Crippen LogP contribution in [0.4, 0.5) is 9.52 Å². The third-order valence-electron chi connectivity index (χ3n) is 3.24. The fourth-order valence-corrected chi connectivity index (χ4v) is 2.89. The number of hydrogen-bond acceptors (Lipinski definition) is 5. The van der Waals surface area contributed by atoms with E-state index >= 15 is 0 Å².